The molecule has 3 heteroatoms. The van der Waals surface area contributed by atoms with Gasteiger partial charge < -0.3 is 10.1 Å². The quantitative estimate of drug-likeness (QED) is 0.863. The predicted molar refractivity (Wildman–Crippen MR) is 82.0 cm³/mol. The van der Waals surface area contributed by atoms with E-state index in [4.69, 9.17) is 4.74 Å². The molecule has 0 saturated carbocycles. The highest BCUT2D eigenvalue weighted by Crippen LogP contribution is 2.21. The van der Waals surface area contributed by atoms with Gasteiger partial charge in [0.2, 0.25) is 0 Å². The lowest BCUT2D eigenvalue weighted by atomic mass is 10.2. The lowest BCUT2D eigenvalue weighted by molar-refractivity contribution is 0.479. The van der Waals surface area contributed by atoms with Gasteiger partial charge >= 0.3 is 0 Å². The molecular formula is C17H22N2O. The van der Waals surface area contributed by atoms with Crippen LogP contribution in [-0.2, 0) is 6.54 Å². The third kappa shape index (κ3) is 4.67. The first-order chi connectivity index (χ1) is 9.63. The zero-order valence-corrected chi connectivity index (χ0v) is 12.4. The van der Waals surface area contributed by atoms with Crippen LogP contribution in [-0.4, -0.2) is 11.5 Å². The SMILES string of the molecule is Cc1ccc(Oc2ccnc(CNCC(C)C)c2)cc1. The number of nitrogens with zero attached hydrogens (tertiary/aromatic N) is 1. The molecule has 0 saturated heterocycles. The topological polar surface area (TPSA) is 34.1 Å². The molecule has 0 atom stereocenters. The van der Waals surface area contributed by atoms with Crippen molar-refractivity contribution in [1.29, 1.82) is 0 Å². The van der Waals surface area contributed by atoms with Crippen molar-refractivity contribution >= 4 is 0 Å². The van der Waals surface area contributed by atoms with Crippen LogP contribution in [0.1, 0.15) is 25.1 Å². The normalized spacial score (nSPS) is 10.8. The third-order valence-electron chi connectivity index (χ3n) is 2.90. The molecule has 2 aromatic rings. The summed E-state index contributed by atoms with van der Waals surface area (Å²) in [5, 5.41) is 3.38. The first-order valence-corrected chi connectivity index (χ1v) is 7.03. The molecule has 0 aliphatic rings. The van der Waals surface area contributed by atoms with Crippen LogP contribution in [0.25, 0.3) is 0 Å². The largest absolute Gasteiger partial charge is 0.457 e. The maximum Gasteiger partial charge on any atom is 0.130 e. The van der Waals surface area contributed by atoms with Crippen molar-refractivity contribution in [2.75, 3.05) is 6.54 Å². The maximum atomic E-state index is 5.83. The van der Waals surface area contributed by atoms with E-state index in [1.807, 2.05) is 36.4 Å². The second kappa shape index (κ2) is 7.06. The Hall–Kier alpha value is -1.87. The number of nitrogens with one attached hydrogen (secondary N) is 1. The summed E-state index contributed by atoms with van der Waals surface area (Å²) < 4.78 is 5.83. The van der Waals surface area contributed by atoms with Crippen molar-refractivity contribution in [2.24, 2.45) is 5.92 Å². The molecule has 0 spiro atoms. The molecule has 1 aromatic heterocycles. The maximum absolute atomic E-state index is 5.83. The van der Waals surface area contributed by atoms with Crippen LogP contribution in [0.3, 0.4) is 0 Å². The molecular weight excluding hydrogens is 248 g/mol. The number of benzene rings is 1. The summed E-state index contributed by atoms with van der Waals surface area (Å²) in [5.41, 5.74) is 2.22. The zero-order valence-electron chi connectivity index (χ0n) is 12.4. The van der Waals surface area contributed by atoms with Gasteiger partial charge in [0.1, 0.15) is 11.5 Å². The fraction of sp³-hybridized carbons (Fsp3) is 0.353. The fourth-order valence-electron chi connectivity index (χ4n) is 1.85. The van der Waals surface area contributed by atoms with Gasteiger partial charge in [-0.3, -0.25) is 4.98 Å². The van der Waals surface area contributed by atoms with Gasteiger partial charge in [0.05, 0.1) is 5.69 Å². The molecule has 1 heterocycles. The van der Waals surface area contributed by atoms with Crippen molar-refractivity contribution in [1.82, 2.24) is 10.3 Å². The zero-order chi connectivity index (χ0) is 14.4. The van der Waals surface area contributed by atoms with E-state index in [0.29, 0.717) is 5.92 Å². The van der Waals surface area contributed by atoms with Crippen LogP contribution in [0.15, 0.2) is 42.6 Å². The Bertz CT molecular complexity index is 535. The van der Waals surface area contributed by atoms with Gasteiger partial charge in [-0.15, -0.1) is 0 Å². The Morgan fingerprint density at radius 2 is 1.85 bits per heavy atom. The highest BCUT2D eigenvalue weighted by molar-refractivity contribution is 5.32. The van der Waals surface area contributed by atoms with Crippen molar-refractivity contribution in [3.05, 3.63) is 53.9 Å². The standard InChI is InChI=1S/C17H22N2O/c1-13(2)11-18-12-15-10-17(8-9-19-15)20-16-6-4-14(3)5-7-16/h4-10,13,18H,11-12H2,1-3H3. The second-order valence-corrected chi connectivity index (χ2v) is 5.42. The molecule has 0 radical (unpaired) electrons. The van der Waals surface area contributed by atoms with Crippen molar-refractivity contribution in [3.8, 4) is 11.5 Å². The van der Waals surface area contributed by atoms with E-state index in [2.05, 4.69) is 31.1 Å². The molecule has 0 amide bonds. The van der Waals surface area contributed by atoms with Crippen LogP contribution < -0.4 is 10.1 Å². The monoisotopic (exact) mass is 270 g/mol. The highest BCUT2D eigenvalue weighted by Gasteiger charge is 2.01. The Kier molecular flexibility index (Phi) is 5.13. The first kappa shape index (κ1) is 14.5. The summed E-state index contributed by atoms with van der Waals surface area (Å²) in [6.07, 6.45) is 1.79. The van der Waals surface area contributed by atoms with E-state index in [1.54, 1.807) is 6.20 Å². The highest BCUT2D eigenvalue weighted by atomic mass is 16.5. The number of rotatable bonds is 6. The molecule has 2 rings (SSSR count). The Morgan fingerprint density at radius 3 is 2.55 bits per heavy atom. The molecule has 0 aliphatic carbocycles. The molecule has 0 bridgehead atoms. The van der Waals surface area contributed by atoms with E-state index < -0.39 is 0 Å². The lowest BCUT2D eigenvalue weighted by Gasteiger charge is -2.09. The van der Waals surface area contributed by atoms with Crippen LogP contribution in [0.4, 0.5) is 0 Å². The molecule has 1 aromatic carbocycles. The molecule has 1 N–H and O–H groups in total. The number of hydrogen-bond acceptors (Lipinski definition) is 3. The average molecular weight is 270 g/mol. The summed E-state index contributed by atoms with van der Waals surface area (Å²) in [4.78, 5) is 4.35. The molecule has 0 fully saturated rings. The van der Waals surface area contributed by atoms with Gasteiger partial charge in [-0.25, -0.2) is 0 Å². The molecule has 0 unspecified atom stereocenters. The Morgan fingerprint density at radius 1 is 1.10 bits per heavy atom. The lowest BCUT2D eigenvalue weighted by Crippen LogP contribution is -2.19. The van der Waals surface area contributed by atoms with Crippen LogP contribution >= 0.6 is 0 Å². The number of ether oxygens (including phenoxy) is 1. The van der Waals surface area contributed by atoms with Gasteiger partial charge in [0, 0.05) is 18.8 Å². The fourth-order valence-corrected chi connectivity index (χ4v) is 1.85. The smallest absolute Gasteiger partial charge is 0.130 e. The summed E-state index contributed by atoms with van der Waals surface area (Å²) in [7, 11) is 0. The van der Waals surface area contributed by atoms with Crippen LogP contribution in [0.2, 0.25) is 0 Å². The summed E-state index contributed by atoms with van der Waals surface area (Å²) >= 11 is 0. The van der Waals surface area contributed by atoms with Crippen molar-refractivity contribution < 1.29 is 4.74 Å². The number of aryl methyl sites for hydroxylation is 1. The molecule has 3 nitrogen and oxygen atoms in total. The Labute approximate surface area is 121 Å². The van der Waals surface area contributed by atoms with Crippen molar-refractivity contribution in [2.45, 2.75) is 27.3 Å². The molecule has 20 heavy (non-hydrogen) atoms. The molecule has 106 valence electrons. The number of aromatic nitrogens is 1. The van der Waals surface area contributed by atoms with E-state index >= 15 is 0 Å². The first-order valence-electron chi connectivity index (χ1n) is 7.03. The minimum absolute atomic E-state index is 0.641. The van der Waals surface area contributed by atoms with E-state index in [9.17, 15) is 0 Å². The summed E-state index contributed by atoms with van der Waals surface area (Å²) in [5.74, 6) is 2.31. The minimum Gasteiger partial charge on any atom is -0.457 e. The van der Waals surface area contributed by atoms with Crippen LogP contribution in [0.5, 0.6) is 11.5 Å². The van der Waals surface area contributed by atoms with E-state index in [0.717, 1.165) is 30.3 Å². The van der Waals surface area contributed by atoms with E-state index in [-0.39, 0.29) is 0 Å². The van der Waals surface area contributed by atoms with Gasteiger partial charge in [0.15, 0.2) is 0 Å². The van der Waals surface area contributed by atoms with Gasteiger partial charge in [-0.05, 0) is 37.6 Å². The van der Waals surface area contributed by atoms with Crippen LogP contribution in [0, 0.1) is 12.8 Å². The average Bonchev–Trinajstić information content (AvgIpc) is 2.41. The third-order valence-corrected chi connectivity index (χ3v) is 2.90. The van der Waals surface area contributed by atoms with Crippen molar-refractivity contribution in [3.63, 3.8) is 0 Å². The predicted octanol–water partition coefficient (Wildman–Crippen LogP) is 3.93. The van der Waals surface area contributed by atoms with Gasteiger partial charge in [-0.1, -0.05) is 31.5 Å². The van der Waals surface area contributed by atoms with E-state index in [1.165, 1.54) is 5.56 Å². The van der Waals surface area contributed by atoms with Gasteiger partial charge in [-0.2, -0.15) is 0 Å². The minimum atomic E-state index is 0.641. The second-order valence-electron chi connectivity index (χ2n) is 5.42. The summed E-state index contributed by atoms with van der Waals surface area (Å²) in [6.45, 7) is 8.21. The Balaban J connectivity index is 1.96. The number of pyridine rings is 1. The van der Waals surface area contributed by atoms with Gasteiger partial charge in [0.25, 0.3) is 0 Å². The molecule has 0 aliphatic heterocycles. The summed E-state index contributed by atoms with van der Waals surface area (Å²) in [6, 6.07) is 11.9. The number of hydrogen-bond donors (Lipinski definition) is 1.